The Balaban J connectivity index is 1.44. The minimum absolute atomic E-state index is 0.0480. The van der Waals surface area contributed by atoms with Gasteiger partial charge in [-0.1, -0.05) is 12.1 Å². The molecule has 4 aromatic rings. The molecule has 0 saturated carbocycles. The van der Waals surface area contributed by atoms with Gasteiger partial charge >= 0.3 is 0 Å². The molecule has 4 rings (SSSR count). The molecule has 0 unspecified atom stereocenters. The van der Waals surface area contributed by atoms with Crippen molar-refractivity contribution in [2.45, 2.75) is 18.4 Å². The second-order valence-corrected chi connectivity index (χ2v) is 9.54. The summed E-state index contributed by atoms with van der Waals surface area (Å²) >= 11 is 1.56. The highest BCUT2D eigenvalue weighted by atomic mass is 32.2. The minimum atomic E-state index is -3.72. The van der Waals surface area contributed by atoms with E-state index in [9.17, 15) is 13.2 Å². The highest BCUT2D eigenvalue weighted by molar-refractivity contribution is 7.89. The van der Waals surface area contributed by atoms with Crippen molar-refractivity contribution in [3.63, 3.8) is 0 Å². The zero-order chi connectivity index (χ0) is 21.8. The smallest absolute Gasteiger partial charge is 0.255 e. The Bertz CT molecular complexity index is 1290. The molecule has 2 aromatic carbocycles. The Morgan fingerprint density at radius 2 is 1.90 bits per heavy atom. The number of carbonyl (C=O) groups is 1. The number of aromatic nitrogens is 1. The number of amides is 1. The third-order valence-electron chi connectivity index (χ3n) is 4.48. The Kier molecular flexibility index (Phi) is 5.99. The second-order valence-electron chi connectivity index (χ2n) is 6.71. The van der Waals surface area contributed by atoms with E-state index in [1.807, 2.05) is 30.5 Å². The van der Waals surface area contributed by atoms with Crippen LogP contribution < -0.4 is 10.0 Å². The molecule has 0 aliphatic rings. The lowest BCUT2D eigenvalue weighted by molar-refractivity contribution is 0.102. The summed E-state index contributed by atoms with van der Waals surface area (Å²) in [5, 5.41) is 5.77. The number of hydrogen-bond acceptors (Lipinski definition) is 6. The summed E-state index contributed by atoms with van der Waals surface area (Å²) in [5.41, 5.74) is 2.74. The van der Waals surface area contributed by atoms with Gasteiger partial charge in [0.1, 0.15) is 5.76 Å². The van der Waals surface area contributed by atoms with E-state index in [2.05, 4.69) is 15.0 Å². The predicted molar refractivity (Wildman–Crippen MR) is 119 cm³/mol. The van der Waals surface area contributed by atoms with Gasteiger partial charge in [0.05, 0.1) is 28.4 Å². The number of furan rings is 1. The molecular weight excluding hydrogens is 434 g/mol. The number of thiazole rings is 1. The quantitative estimate of drug-likeness (QED) is 0.431. The lowest BCUT2D eigenvalue weighted by atomic mass is 10.1. The van der Waals surface area contributed by atoms with Crippen molar-refractivity contribution in [3.05, 3.63) is 88.6 Å². The van der Waals surface area contributed by atoms with Gasteiger partial charge in [-0.2, -0.15) is 0 Å². The average Bonchev–Trinajstić information content (AvgIpc) is 3.44. The first-order valence-electron chi connectivity index (χ1n) is 9.37. The summed E-state index contributed by atoms with van der Waals surface area (Å²) in [4.78, 5) is 17.1. The second kappa shape index (κ2) is 8.84. The molecule has 0 saturated heterocycles. The number of sulfonamides is 1. The molecule has 2 N–H and O–H groups in total. The zero-order valence-corrected chi connectivity index (χ0v) is 18.2. The van der Waals surface area contributed by atoms with Crippen LogP contribution in [0.4, 0.5) is 5.69 Å². The summed E-state index contributed by atoms with van der Waals surface area (Å²) in [6, 6.07) is 16.5. The lowest BCUT2D eigenvalue weighted by Gasteiger charge is -2.08. The fraction of sp³-hybridized carbons (Fsp3) is 0.0909. The van der Waals surface area contributed by atoms with E-state index in [0.717, 1.165) is 16.3 Å². The van der Waals surface area contributed by atoms with Crippen LogP contribution in [0, 0.1) is 6.92 Å². The van der Waals surface area contributed by atoms with Gasteiger partial charge in [0, 0.05) is 22.2 Å². The predicted octanol–water partition coefficient (Wildman–Crippen LogP) is 4.44. The molecule has 0 atom stereocenters. The summed E-state index contributed by atoms with van der Waals surface area (Å²) < 4.78 is 32.4. The fourth-order valence-electron chi connectivity index (χ4n) is 2.90. The first kappa shape index (κ1) is 21.0. The van der Waals surface area contributed by atoms with Crippen LogP contribution in [0.1, 0.15) is 21.1 Å². The van der Waals surface area contributed by atoms with Crippen molar-refractivity contribution in [2.75, 3.05) is 5.32 Å². The van der Waals surface area contributed by atoms with Crippen LogP contribution in [0.3, 0.4) is 0 Å². The molecule has 2 aromatic heterocycles. The fourth-order valence-corrected chi connectivity index (χ4v) is 4.52. The average molecular weight is 454 g/mol. The molecule has 158 valence electrons. The van der Waals surface area contributed by atoms with Crippen molar-refractivity contribution < 1.29 is 17.6 Å². The highest BCUT2D eigenvalue weighted by Crippen LogP contribution is 2.24. The lowest BCUT2D eigenvalue weighted by Crippen LogP contribution is -2.23. The highest BCUT2D eigenvalue weighted by Gasteiger charge is 2.16. The topological polar surface area (TPSA) is 101 Å². The van der Waals surface area contributed by atoms with Crippen LogP contribution in [0.15, 0.2) is 81.6 Å². The zero-order valence-electron chi connectivity index (χ0n) is 16.5. The van der Waals surface area contributed by atoms with Gasteiger partial charge in [0.2, 0.25) is 10.0 Å². The van der Waals surface area contributed by atoms with Crippen molar-refractivity contribution in [1.29, 1.82) is 0 Å². The summed E-state index contributed by atoms with van der Waals surface area (Å²) in [6.45, 7) is 1.99. The third-order valence-corrected chi connectivity index (χ3v) is 6.67. The van der Waals surface area contributed by atoms with E-state index < -0.39 is 10.0 Å². The first-order valence-corrected chi connectivity index (χ1v) is 11.7. The summed E-state index contributed by atoms with van der Waals surface area (Å²) in [7, 11) is -3.72. The monoisotopic (exact) mass is 453 g/mol. The van der Waals surface area contributed by atoms with E-state index >= 15 is 0 Å². The van der Waals surface area contributed by atoms with Crippen molar-refractivity contribution >= 4 is 33.0 Å². The molecule has 0 bridgehead atoms. The molecule has 0 radical (unpaired) electrons. The van der Waals surface area contributed by atoms with E-state index in [1.165, 1.54) is 30.5 Å². The maximum absolute atomic E-state index is 12.6. The van der Waals surface area contributed by atoms with E-state index in [4.69, 9.17) is 4.42 Å². The van der Waals surface area contributed by atoms with Gasteiger partial charge in [-0.05, 0) is 55.5 Å². The number of anilines is 1. The van der Waals surface area contributed by atoms with Crippen molar-refractivity contribution in [3.8, 4) is 11.3 Å². The number of nitrogens with zero attached hydrogens (tertiary/aromatic N) is 1. The normalized spacial score (nSPS) is 11.4. The third kappa shape index (κ3) is 5.08. The summed E-state index contributed by atoms with van der Waals surface area (Å²) in [5.74, 6) is 0.175. The van der Waals surface area contributed by atoms with Crippen LogP contribution in [0.5, 0.6) is 0 Å². The van der Waals surface area contributed by atoms with Crippen molar-refractivity contribution in [2.24, 2.45) is 0 Å². The van der Waals surface area contributed by atoms with Gasteiger partial charge in [0.15, 0.2) is 0 Å². The van der Waals surface area contributed by atoms with Crippen LogP contribution >= 0.6 is 11.3 Å². The maximum Gasteiger partial charge on any atom is 0.255 e. The van der Waals surface area contributed by atoms with Crippen LogP contribution in [-0.2, 0) is 16.6 Å². The number of aryl methyl sites for hydroxylation is 1. The molecule has 7 nitrogen and oxygen atoms in total. The largest absolute Gasteiger partial charge is 0.468 e. The van der Waals surface area contributed by atoms with E-state index in [-0.39, 0.29) is 17.3 Å². The molecule has 0 aliphatic heterocycles. The van der Waals surface area contributed by atoms with Crippen LogP contribution in [-0.4, -0.2) is 19.3 Å². The standard InChI is InChI=1S/C22H19N3O4S2/c1-15-24-21(14-30-15)17-4-2-5-18(12-17)25-22(26)16-7-9-20(10-8-16)31(27,28)23-13-19-6-3-11-29-19/h2-12,14,23H,13H2,1H3,(H,25,26). The van der Waals surface area contributed by atoms with Crippen LogP contribution in [0.2, 0.25) is 0 Å². The van der Waals surface area contributed by atoms with Gasteiger partial charge in [-0.3, -0.25) is 4.79 Å². The molecule has 0 aliphatic carbocycles. The Hall–Kier alpha value is -3.27. The number of hydrogen-bond donors (Lipinski definition) is 2. The first-order chi connectivity index (χ1) is 14.9. The number of nitrogens with one attached hydrogen (secondary N) is 2. The van der Waals surface area contributed by atoms with E-state index in [0.29, 0.717) is 17.0 Å². The Morgan fingerprint density at radius 3 is 2.58 bits per heavy atom. The molecule has 0 spiro atoms. The summed E-state index contributed by atoms with van der Waals surface area (Å²) in [6.07, 6.45) is 1.48. The van der Waals surface area contributed by atoms with Gasteiger partial charge in [0.25, 0.3) is 5.91 Å². The van der Waals surface area contributed by atoms with Gasteiger partial charge in [-0.15, -0.1) is 11.3 Å². The SMILES string of the molecule is Cc1nc(-c2cccc(NC(=O)c3ccc(S(=O)(=O)NCc4ccco4)cc3)c2)cs1. The number of rotatable bonds is 7. The maximum atomic E-state index is 12.6. The molecule has 31 heavy (non-hydrogen) atoms. The number of benzene rings is 2. The van der Waals surface area contributed by atoms with Gasteiger partial charge < -0.3 is 9.73 Å². The molecule has 0 fully saturated rings. The number of carbonyl (C=O) groups excluding carboxylic acids is 1. The minimum Gasteiger partial charge on any atom is -0.468 e. The molecule has 1 amide bonds. The molecule has 2 heterocycles. The molecule has 9 heteroatoms. The molecular formula is C22H19N3O4S2. The Morgan fingerprint density at radius 1 is 1.10 bits per heavy atom. The van der Waals surface area contributed by atoms with Crippen LogP contribution in [0.25, 0.3) is 11.3 Å². The van der Waals surface area contributed by atoms with E-state index in [1.54, 1.807) is 29.5 Å². The van der Waals surface area contributed by atoms with Gasteiger partial charge in [-0.25, -0.2) is 18.1 Å². The Labute approximate surface area is 183 Å². The van der Waals surface area contributed by atoms with Crippen molar-refractivity contribution in [1.82, 2.24) is 9.71 Å².